The number of hydrogen-bond donors (Lipinski definition) is 0. The van der Waals surface area contributed by atoms with Gasteiger partial charge in [0.1, 0.15) is 11.4 Å². The molecule has 5 nitrogen and oxygen atoms in total. The summed E-state index contributed by atoms with van der Waals surface area (Å²) in [6.07, 6.45) is 1.19. The Morgan fingerprint density at radius 1 is 0.828 bits per heavy atom. The summed E-state index contributed by atoms with van der Waals surface area (Å²) in [5.41, 5.74) is 2.34. The van der Waals surface area contributed by atoms with E-state index >= 15 is 0 Å². The summed E-state index contributed by atoms with van der Waals surface area (Å²) in [5, 5.41) is 0. The number of hydrogen-bond acceptors (Lipinski definition) is 5. The van der Waals surface area contributed by atoms with Crippen LogP contribution in [0.5, 0.6) is 5.75 Å². The lowest BCUT2D eigenvalue weighted by atomic mass is 10.1. The molecule has 6 heteroatoms. The van der Waals surface area contributed by atoms with E-state index < -0.39 is 9.84 Å². The minimum atomic E-state index is -3.26. The Bertz CT molecular complexity index is 1200. The zero-order valence-electron chi connectivity index (χ0n) is 15.8. The van der Waals surface area contributed by atoms with Crippen molar-refractivity contribution in [2.45, 2.75) is 11.5 Å². The molecule has 146 valence electrons. The summed E-state index contributed by atoms with van der Waals surface area (Å²) in [6, 6.07) is 25.7. The summed E-state index contributed by atoms with van der Waals surface area (Å²) in [7, 11) is -3.26. The number of rotatable bonds is 6. The Labute approximate surface area is 169 Å². The van der Waals surface area contributed by atoms with E-state index in [0.717, 1.165) is 16.9 Å². The van der Waals surface area contributed by atoms with Gasteiger partial charge in [0.05, 0.1) is 4.90 Å². The molecule has 0 aliphatic rings. The Morgan fingerprint density at radius 2 is 1.45 bits per heavy atom. The number of benzene rings is 3. The average Bonchev–Trinajstić information content (AvgIpc) is 3.17. The van der Waals surface area contributed by atoms with Gasteiger partial charge in [-0.3, -0.25) is 0 Å². The molecule has 0 unspecified atom stereocenters. The smallest absolute Gasteiger partial charge is 0.233 e. The number of oxazole rings is 1. The zero-order valence-corrected chi connectivity index (χ0v) is 16.6. The maximum Gasteiger partial charge on any atom is 0.233 e. The molecule has 0 fully saturated rings. The molecule has 0 atom stereocenters. The summed E-state index contributed by atoms with van der Waals surface area (Å²) in [4.78, 5) is 4.89. The third-order valence-corrected chi connectivity index (χ3v) is 5.50. The van der Waals surface area contributed by atoms with Gasteiger partial charge in [0.15, 0.2) is 22.2 Å². The van der Waals surface area contributed by atoms with Gasteiger partial charge < -0.3 is 9.15 Å². The van der Waals surface area contributed by atoms with Crippen LogP contribution in [0, 0.1) is 0 Å². The third-order valence-electron chi connectivity index (χ3n) is 4.37. The van der Waals surface area contributed by atoms with Crippen molar-refractivity contribution in [3.05, 3.63) is 90.8 Å². The van der Waals surface area contributed by atoms with Gasteiger partial charge in [-0.05, 0) is 36.4 Å². The molecule has 1 aromatic heterocycles. The second-order valence-electron chi connectivity index (χ2n) is 6.55. The van der Waals surface area contributed by atoms with E-state index in [4.69, 9.17) is 9.15 Å². The highest BCUT2D eigenvalue weighted by Crippen LogP contribution is 2.33. The SMILES string of the molecule is CS(=O)(=O)c1ccc(-c2oc(COc3ccccc3)nc2-c2ccccc2)cc1. The molecule has 0 radical (unpaired) electrons. The number of ether oxygens (including phenoxy) is 1. The lowest BCUT2D eigenvalue weighted by molar-refractivity contribution is 0.264. The van der Waals surface area contributed by atoms with E-state index in [0.29, 0.717) is 17.3 Å². The standard InChI is InChI=1S/C23H19NO4S/c1-29(25,26)20-14-12-18(13-15-20)23-22(17-8-4-2-5-9-17)24-21(28-23)16-27-19-10-6-3-7-11-19/h2-15H,16H2,1H3. The molecule has 0 aliphatic heterocycles. The number of nitrogens with zero attached hydrogens (tertiary/aromatic N) is 1. The van der Waals surface area contributed by atoms with Crippen molar-refractivity contribution in [2.75, 3.05) is 6.26 Å². The van der Waals surface area contributed by atoms with Crippen LogP contribution in [0.1, 0.15) is 5.89 Å². The molecule has 0 bridgehead atoms. The van der Waals surface area contributed by atoms with Crippen molar-refractivity contribution < 1.29 is 17.6 Å². The molecular weight excluding hydrogens is 386 g/mol. The first kappa shape index (κ1) is 19.0. The van der Waals surface area contributed by atoms with Gasteiger partial charge in [0, 0.05) is 17.4 Å². The fourth-order valence-corrected chi connectivity index (χ4v) is 3.56. The van der Waals surface area contributed by atoms with Crippen molar-refractivity contribution in [1.29, 1.82) is 0 Å². The third kappa shape index (κ3) is 4.38. The van der Waals surface area contributed by atoms with Crippen LogP contribution in [-0.4, -0.2) is 19.7 Å². The minimum Gasteiger partial charge on any atom is -0.484 e. The second kappa shape index (κ2) is 7.93. The van der Waals surface area contributed by atoms with E-state index in [1.807, 2.05) is 60.7 Å². The molecule has 0 saturated heterocycles. The number of sulfone groups is 1. The van der Waals surface area contributed by atoms with Gasteiger partial charge in [-0.25, -0.2) is 13.4 Å². The maximum absolute atomic E-state index is 11.7. The fourth-order valence-electron chi connectivity index (χ4n) is 2.93. The van der Waals surface area contributed by atoms with Crippen LogP contribution in [0.3, 0.4) is 0 Å². The first-order valence-corrected chi connectivity index (χ1v) is 10.9. The molecule has 0 amide bonds. The molecule has 4 aromatic rings. The number of para-hydroxylation sites is 1. The van der Waals surface area contributed by atoms with E-state index in [9.17, 15) is 8.42 Å². The molecule has 4 rings (SSSR count). The lowest BCUT2D eigenvalue weighted by Gasteiger charge is -2.03. The van der Waals surface area contributed by atoms with Crippen LogP contribution in [-0.2, 0) is 16.4 Å². The van der Waals surface area contributed by atoms with Crippen LogP contribution >= 0.6 is 0 Å². The molecule has 0 saturated carbocycles. The molecule has 0 spiro atoms. The van der Waals surface area contributed by atoms with Gasteiger partial charge in [-0.15, -0.1) is 0 Å². The van der Waals surface area contributed by atoms with E-state index in [2.05, 4.69) is 4.98 Å². The molecule has 0 N–H and O–H groups in total. The number of aromatic nitrogens is 1. The summed E-state index contributed by atoms with van der Waals surface area (Å²) in [6.45, 7) is 0.186. The van der Waals surface area contributed by atoms with Crippen molar-refractivity contribution in [2.24, 2.45) is 0 Å². The average molecular weight is 405 g/mol. The highest BCUT2D eigenvalue weighted by atomic mass is 32.2. The van der Waals surface area contributed by atoms with E-state index in [-0.39, 0.29) is 11.5 Å². The van der Waals surface area contributed by atoms with E-state index in [1.54, 1.807) is 24.3 Å². The fraction of sp³-hybridized carbons (Fsp3) is 0.0870. The first-order valence-electron chi connectivity index (χ1n) is 9.04. The van der Waals surface area contributed by atoms with Crippen molar-refractivity contribution >= 4 is 9.84 Å². The predicted octanol–water partition coefficient (Wildman–Crippen LogP) is 4.99. The monoisotopic (exact) mass is 405 g/mol. The summed E-state index contributed by atoms with van der Waals surface area (Å²) >= 11 is 0. The molecular formula is C23H19NO4S. The Balaban J connectivity index is 1.70. The van der Waals surface area contributed by atoms with Crippen LogP contribution in [0.15, 0.2) is 94.2 Å². The predicted molar refractivity (Wildman–Crippen MR) is 111 cm³/mol. The Hall–Kier alpha value is -3.38. The molecule has 0 aliphatic carbocycles. The van der Waals surface area contributed by atoms with E-state index in [1.165, 1.54) is 6.26 Å². The molecule has 29 heavy (non-hydrogen) atoms. The highest BCUT2D eigenvalue weighted by Gasteiger charge is 2.18. The van der Waals surface area contributed by atoms with Crippen molar-refractivity contribution in [3.63, 3.8) is 0 Å². The summed E-state index contributed by atoms with van der Waals surface area (Å²) < 4.78 is 35.3. The zero-order chi connectivity index (χ0) is 20.3. The largest absolute Gasteiger partial charge is 0.484 e. The maximum atomic E-state index is 11.7. The van der Waals surface area contributed by atoms with Crippen LogP contribution in [0.25, 0.3) is 22.6 Å². The van der Waals surface area contributed by atoms with Gasteiger partial charge in [0.25, 0.3) is 0 Å². The normalized spacial score (nSPS) is 11.3. The summed E-state index contributed by atoms with van der Waals surface area (Å²) in [5.74, 6) is 1.74. The van der Waals surface area contributed by atoms with Crippen LogP contribution < -0.4 is 4.74 Å². The van der Waals surface area contributed by atoms with Gasteiger partial charge >= 0.3 is 0 Å². The van der Waals surface area contributed by atoms with Gasteiger partial charge in [0.2, 0.25) is 5.89 Å². The first-order chi connectivity index (χ1) is 14.0. The Kier molecular flexibility index (Phi) is 5.18. The van der Waals surface area contributed by atoms with Crippen molar-refractivity contribution in [1.82, 2.24) is 4.98 Å². The Morgan fingerprint density at radius 3 is 2.07 bits per heavy atom. The van der Waals surface area contributed by atoms with Gasteiger partial charge in [-0.2, -0.15) is 0 Å². The van der Waals surface area contributed by atoms with Crippen LogP contribution in [0.2, 0.25) is 0 Å². The highest BCUT2D eigenvalue weighted by molar-refractivity contribution is 7.90. The quantitative estimate of drug-likeness (QED) is 0.452. The topological polar surface area (TPSA) is 69.4 Å². The van der Waals surface area contributed by atoms with Crippen LogP contribution in [0.4, 0.5) is 0 Å². The van der Waals surface area contributed by atoms with Gasteiger partial charge in [-0.1, -0.05) is 48.5 Å². The molecule has 3 aromatic carbocycles. The van der Waals surface area contributed by atoms with Crippen molar-refractivity contribution in [3.8, 4) is 28.3 Å². The lowest BCUT2D eigenvalue weighted by Crippen LogP contribution is -1.96. The minimum absolute atomic E-state index is 0.186. The molecule has 1 heterocycles. The second-order valence-corrected chi connectivity index (χ2v) is 8.57.